The second kappa shape index (κ2) is 8.67. The molecule has 0 spiro atoms. The molecule has 4 rings (SSSR count). The Hall–Kier alpha value is -2.84. The Morgan fingerprint density at radius 3 is 2.79 bits per heavy atom. The molecule has 4 aromatic rings. The van der Waals surface area contributed by atoms with Crippen LogP contribution in [-0.4, -0.2) is 22.7 Å². The summed E-state index contributed by atoms with van der Waals surface area (Å²) in [5.74, 6) is 1.68. The second-order valence-corrected chi connectivity index (χ2v) is 8.65. The SMILES string of the molecule is CCOc1ccc2nc(S[C@@H](C(=O)Nc3cc(C)on3)c3ccccc3)sc2c1. The molecule has 2 aromatic heterocycles. The van der Waals surface area contributed by atoms with E-state index in [1.165, 1.54) is 11.8 Å². The second-order valence-electron chi connectivity index (χ2n) is 6.26. The molecule has 1 amide bonds. The minimum Gasteiger partial charge on any atom is -0.494 e. The molecule has 0 saturated heterocycles. The minimum absolute atomic E-state index is 0.177. The van der Waals surface area contributed by atoms with Gasteiger partial charge in [0.15, 0.2) is 10.2 Å². The van der Waals surface area contributed by atoms with Gasteiger partial charge in [0.2, 0.25) is 5.91 Å². The van der Waals surface area contributed by atoms with Crippen LogP contribution in [0.2, 0.25) is 0 Å². The normalized spacial score (nSPS) is 12.1. The van der Waals surface area contributed by atoms with Gasteiger partial charge in [0, 0.05) is 6.07 Å². The van der Waals surface area contributed by atoms with Gasteiger partial charge >= 0.3 is 0 Å². The van der Waals surface area contributed by atoms with Crippen molar-refractivity contribution >= 4 is 45.0 Å². The number of fused-ring (bicyclic) bond motifs is 1. The van der Waals surface area contributed by atoms with Gasteiger partial charge in [-0.25, -0.2) is 4.98 Å². The van der Waals surface area contributed by atoms with Gasteiger partial charge in [-0.2, -0.15) is 0 Å². The van der Waals surface area contributed by atoms with E-state index in [4.69, 9.17) is 9.26 Å². The lowest BCUT2D eigenvalue weighted by atomic mass is 10.1. The molecule has 0 aliphatic carbocycles. The van der Waals surface area contributed by atoms with E-state index in [1.807, 2.05) is 55.5 Å². The van der Waals surface area contributed by atoms with Gasteiger partial charge in [0.1, 0.15) is 16.8 Å². The Balaban J connectivity index is 1.61. The number of hydrogen-bond donors (Lipinski definition) is 1. The number of amides is 1. The fourth-order valence-electron chi connectivity index (χ4n) is 2.81. The number of anilines is 1. The summed E-state index contributed by atoms with van der Waals surface area (Å²) in [6.45, 7) is 4.35. The largest absolute Gasteiger partial charge is 0.494 e. The van der Waals surface area contributed by atoms with Gasteiger partial charge in [-0.05, 0) is 37.6 Å². The third-order valence-electron chi connectivity index (χ3n) is 4.09. The first-order valence-corrected chi connectivity index (χ1v) is 10.8. The maximum atomic E-state index is 13.0. The lowest BCUT2D eigenvalue weighted by Gasteiger charge is -2.14. The van der Waals surface area contributed by atoms with Crippen LogP contribution >= 0.6 is 23.1 Å². The van der Waals surface area contributed by atoms with Crippen LogP contribution in [0.5, 0.6) is 5.75 Å². The summed E-state index contributed by atoms with van der Waals surface area (Å²) in [5.41, 5.74) is 1.78. The van der Waals surface area contributed by atoms with E-state index in [0.29, 0.717) is 18.2 Å². The average Bonchev–Trinajstić information content (AvgIpc) is 3.32. The fourth-order valence-corrected chi connectivity index (χ4v) is 5.10. The zero-order valence-electron chi connectivity index (χ0n) is 15.9. The number of carbonyl (C=O) groups excluding carboxylic acids is 1. The first-order valence-electron chi connectivity index (χ1n) is 9.11. The maximum absolute atomic E-state index is 13.0. The van der Waals surface area contributed by atoms with E-state index >= 15 is 0 Å². The van der Waals surface area contributed by atoms with Crippen molar-refractivity contribution in [3.05, 3.63) is 65.9 Å². The summed E-state index contributed by atoms with van der Waals surface area (Å²) >= 11 is 2.96. The molecule has 29 heavy (non-hydrogen) atoms. The highest BCUT2D eigenvalue weighted by molar-refractivity contribution is 8.02. The van der Waals surface area contributed by atoms with Crippen LogP contribution in [0.25, 0.3) is 10.2 Å². The highest BCUT2D eigenvalue weighted by atomic mass is 32.2. The Labute approximate surface area is 176 Å². The zero-order valence-corrected chi connectivity index (χ0v) is 17.5. The van der Waals surface area contributed by atoms with Gasteiger partial charge < -0.3 is 14.6 Å². The number of rotatable bonds is 7. The summed E-state index contributed by atoms with van der Waals surface area (Å²) in [5, 5.41) is 6.22. The number of aromatic nitrogens is 2. The van der Waals surface area contributed by atoms with Crippen LogP contribution < -0.4 is 10.1 Å². The summed E-state index contributed by atoms with van der Waals surface area (Å²) in [7, 11) is 0. The molecule has 1 N–H and O–H groups in total. The molecule has 0 aliphatic heterocycles. The lowest BCUT2D eigenvalue weighted by Crippen LogP contribution is -2.19. The van der Waals surface area contributed by atoms with Crippen LogP contribution in [0, 0.1) is 6.92 Å². The van der Waals surface area contributed by atoms with Gasteiger partial charge in [-0.15, -0.1) is 11.3 Å². The number of ether oxygens (including phenoxy) is 1. The predicted octanol–water partition coefficient (Wildman–Crippen LogP) is 5.46. The molecule has 0 fully saturated rings. The summed E-state index contributed by atoms with van der Waals surface area (Å²) in [6, 6.07) is 17.2. The highest BCUT2D eigenvalue weighted by Crippen LogP contribution is 2.40. The quantitative estimate of drug-likeness (QED) is 0.396. The summed E-state index contributed by atoms with van der Waals surface area (Å²) in [6.07, 6.45) is 0. The Kier molecular flexibility index (Phi) is 5.82. The Bertz CT molecular complexity index is 1120. The lowest BCUT2D eigenvalue weighted by molar-refractivity contribution is -0.115. The number of hydrogen-bond acceptors (Lipinski definition) is 7. The molecule has 0 saturated carbocycles. The van der Waals surface area contributed by atoms with E-state index in [2.05, 4.69) is 15.5 Å². The Morgan fingerprint density at radius 2 is 2.07 bits per heavy atom. The smallest absolute Gasteiger partial charge is 0.243 e. The molecule has 0 aliphatic rings. The average molecular weight is 426 g/mol. The summed E-state index contributed by atoms with van der Waals surface area (Å²) < 4.78 is 12.5. The van der Waals surface area contributed by atoms with Gasteiger partial charge in [0.25, 0.3) is 0 Å². The first-order chi connectivity index (χ1) is 14.1. The first kappa shape index (κ1) is 19.5. The zero-order chi connectivity index (χ0) is 20.2. The molecule has 2 heterocycles. The third-order valence-corrected chi connectivity index (χ3v) is 6.46. The van der Waals surface area contributed by atoms with E-state index in [-0.39, 0.29) is 5.91 Å². The molecule has 0 radical (unpaired) electrons. The van der Waals surface area contributed by atoms with E-state index in [9.17, 15) is 4.79 Å². The third kappa shape index (κ3) is 4.60. The molecule has 8 heteroatoms. The molecule has 0 bridgehead atoms. The van der Waals surface area contributed by atoms with Crippen LogP contribution in [0.15, 0.2) is 63.5 Å². The molecule has 0 unspecified atom stereocenters. The van der Waals surface area contributed by atoms with E-state index in [0.717, 1.165) is 25.9 Å². The monoisotopic (exact) mass is 425 g/mol. The molecule has 2 aromatic carbocycles. The standard InChI is InChI=1S/C21H19N3O3S2/c1-3-26-15-9-10-16-17(12-15)28-21(22-16)29-19(14-7-5-4-6-8-14)20(25)23-18-11-13(2)27-24-18/h4-12,19H,3H2,1-2H3,(H,23,24,25)/t19-/m1/s1. The van der Waals surface area contributed by atoms with Crippen LogP contribution in [0.1, 0.15) is 23.5 Å². The topological polar surface area (TPSA) is 77.2 Å². The summed E-state index contributed by atoms with van der Waals surface area (Å²) in [4.78, 5) is 17.7. The van der Waals surface area contributed by atoms with Crippen molar-refractivity contribution in [3.63, 3.8) is 0 Å². The predicted molar refractivity (Wildman–Crippen MR) is 116 cm³/mol. The van der Waals surface area contributed by atoms with Crippen molar-refractivity contribution < 1.29 is 14.1 Å². The van der Waals surface area contributed by atoms with Gasteiger partial charge in [0.05, 0.1) is 16.8 Å². The molecular weight excluding hydrogens is 406 g/mol. The van der Waals surface area contributed by atoms with E-state index < -0.39 is 5.25 Å². The number of aryl methyl sites for hydroxylation is 1. The maximum Gasteiger partial charge on any atom is 0.243 e. The van der Waals surface area contributed by atoms with Crippen molar-refractivity contribution in [1.82, 2.24) is 10.1 Å². The van der Waals surface area contributed by atoms with Crippen LogP contribution in [0.4, 0.5) is 5.82 Å². The minimum atomic E-state index is -0.472. The van der Waals surface area contributed by atoms with Crippen molar-refractivity contribution in [2.75, 3.05) is 11.9 Å². The fraction of sp³-hybridized carbons (Fsp3) is 0.190. The number of nitrogens with zero attached hydrogens (tertiary/aromatic N) is 2. The number of nitrogens with one attached hydrogen (secondary N) is 1. The number of carbonyl (C=O) groups is 1. The molecule has 1 atom stereocenters. The molecule has 148 valence electrons. The number of thiazole rings is 1. The van der Waals surface area contributed by atoms with Gasteiger partial charge in [-0.3, -0.25) is 4.79 Å². The number of benzene rings is 2. The van der Waals surface area contributed by atoms with Crippen LogP contribution in [0.3, 0.4) is 0 Å². The van der Waals surface area contributed by atoms with E-state index in [1.54, 1.807) is 24.3 Å². The number of thioether (sulfide) groups is 1. The van der Waals surface area contributed by atoms with Crippen molar-refractivity contribution in [1.29, 1.82) is 0 Å². The Morgan fingerprint density at radius 1 is 1.24 bits per heavy atom. The molecular formula is C21H19N3O3S2. The highest BCUT2D eigenvalue weighted by Gasteiger charge is 2.24. The van der Waals surface area contributed by atoms with Crippen molar-refractivity contribution in [2.45, 2.75) is 23.4 Å². The molecule has 6 nitrogen and oxygen atoms in total. The van der Waals surface area contributed by atoms with Crippen molar-refractivity contribution in [2.24, 2.45) is 0 Å². The van der Waals surface area contributed by atoms with Crippen LogP contribution in [-0.2, 0) is 4.79 Å². The van der Waals surface area contributed by atoms with Gasteiger partial charge in [-0.1, -0.05) is 47.3 Å². The van der Waals surface area contributed by atoms with Crippen molar-refractivity contribution in [3.8, 4) is 5.75 Å².